The van der Waals surface area contributed by atoms with Gasteiger partial charge in [0.2, 0.25) is 5.91 Å². The molecule has 1 aliphatic carbocycles. The van der Waals surface area contributed by atoms with E-state index in [-0.39, 0.29) is 5.41 Å². The fourth-order valence-electron chi connectivity index (χ4n) is 3.04. The van der Waals surface area contributed by atoms with Crippen LogP contribution < -0.4 is 5.32 Å². The number of amides is 1. The van der Waals surface area contributed by atoms with Gasteiger partial charge in [0.05, 0.1) is 5.41 Å². The first-order valence-electron chi connectivity index (χ1n) is 6.67. The summed E-state index contributed by atoms with van der Waals surface area (Å²) in [4.78, 5) is 14.6. The highest BCUT2D eigenvalue weighted by molar-refractivity contribution is 5.83. The first-order chi connectivity index (χ1) is 7.69. The van der Waals surface area contributed by atoms with Crippen molar-refractivity contribution in [3.63, 3.8) is 0 Å². The highest BCUT2D eigenvalue weighted by Gasteiger charge is 2.43. The third kappa shape index (κ3) is 1.97. The Morgan fingerprint density at radius 3 is 2.69 bits per heavy atom. The fraction of sp³-hybridized carbons (Fsp3) is 0.923. The van der Waals surface area contributed by atoms with Crippen LogP contribution in [0.4, 0.5) is 0 Å². The minimum Gasteiger partial charge on any atom is -0.342 e. The molecule has 1 saturated carbocycles. The molecule has 2 rings (SSSR count). The molecular weight excluding hydrogens is 200 g/mol. The molecule has 1 aliphatic heterocycles. The lowest BCUT2D eigenvalue weighted by atomic mass is 9.79. The van der Waals surface area contributed by atoms with Gasteiger partial charge in [-0.1, -0.05) is 13.3 Å². The fourth-order valence-corrected chi connectivity index (χ4v) is 3.04. The smallest absolute Gasteiger partial charge is 0.230 e. The zero-order valence-corrected chi connectivity index (χ0v) is 10.6. The van der Waals surface area contributed by atoms with E-state index in [0.29, 0.717) is 11.9 Å². The van der Waals surface area contributed by atoms with Crippen LogP contribution >= 0.6 is 0 Å². The number of hydrogen-bond acceptors (Lipinski definition) is 2. The normalized spacial score (nSPS) is 30.1. The zero-order chi connectivity index (χ0) is 11.6. The van der Waals surface area contributed by atoms with Gasteiger partial charge in [0, 0.05) is 19.6 Å². The highest BCUT2D eigenvalue weighted by atomic mass is 16.2. The van der Waals surface area contributed by atoms with E-state index in [1.807, 2.05) is 11.9 Å². The van der Waals surface area contributed by atoms with E-state index in [0.717, 1.165) is 32.4 Å². The SMILES string of the molecule is CCCC1(C(=O)N(C)C2CCC2)CCNC1. The Bertz CT molecular complexity index is 255. The second-order valence-electron chi connectivity index (χ2n) is 5.46. The van der Waals surface area contributed by atoms with E-state index < -0.39 is 0 Å². The molecule has 0 aromatic heterocycles. The number of carbonyl (C=O) groups excluding carboxylic acids is 1. The molecule has 0 radical (unpaired) electrons. The van der Waals surface area contributed by atoms with Gasteiger partial charge in [0.15, 0.2) is 0 Å². The average Bonchev–Trinajstić information content (AvgIpc) is 2.64. The lowest BCUT2D eigenvalue weighted by molar-refractivity contribution is -0.144. The molecule has 1 atom stereocenters. The lowest BCUT2D eigenvalue weighted by Gasteiger charge is -2.40. The molecule has 92 valence electrons. The molecule has 16 heavy (non-hydrogen) atoms. The summed E-state index contributed by atoms with van der Waals surface area (Å²) in [6.45, 7) is 4.07. The second kappa shape index (κ2) is 4.74. The minimum absolute atomic E-state index is 0.0842. The standard InChI is InChI=1S/C13H24N2O/c1-3-7-13(8-9-14-10-13)12(16)15(2)11-5-4-6-11/h11,14H,3-10H2,1-2H3. The molecule has 0 aromatic carbocycles. The largest absolute Gasteiger partial charge is 0.342 e. The van der Waals surface area contributed by atoms with Gasteiger partial charge in [-0.15, -0.1) is 0 Å². The monoisotopic (exact) mass is 224 g/mol. The molecule has 1 saturated heterocycles. The summed E-state index contributed by atoms with van der Waals surface area (Å²) in [5, 5.41) is 3.36. The second-order valence-corrected chi connectivity index (χ2v) is 5.46. The third-order valence-corrected chi connectivity index (χ3v) is 4.37. The van der Waals surface area contributed by atoms with Crippen LogP contribution in [0.15, 0.2) is 0 Å². The predicted octanol–water partition coefficient (Wildman–Crippen LogP) is 1.78. The van der Waals surface area contributed by atoms with E-state index in [2.05, 4.69) is 12.2 Å². The van der Waals surface area contributed by atoms with Crippen molar-refractivity contribution in [1.29, 1.82) is 0 Å². The molecule has 0 spiro atoms. The van der Waals surface area contributed by atoms with Crippen LogP contribution in [0.25, 0.3) is 0 Å². The van der Waals surface area contributed by atoms with E-state index in [4.69, 9.17) is 0 Å². The van der Waals surface area contributed by atoms with Crippen molar-refractivity contribution < 1.29 is 4.79 Å². The van der Waals surface area contributed by atoms with Crippen LogP contribution in [0.1, 0.15) is 45.4 Å². The van der Waals surface area contributed by atoms with Crippen LogP contribution in [0.3, 0.4) is 0 Å². The van der Waals surface area contributed by atoms with Gasteiger partial charge < -0.3 is 10.2 Å². The van der Waals surface area contributed by atoms with E-state index >= 15 is 0 Å². The predicted molar refractivity (Wildman–Crippen MR) is 65.2 cm³/mol. The molecule has 1 heterocycles. The molecule has 1 amide bonds. The van der Waals surface area contributed by atoms with Gasteiger partial charge in [-0.25, -0.2) is 0 Å². The molecular formula is C13H24N2O. The molecule has 2 aliphatic rings. The minimum atomic E-state index is -0.0842. The summed E-state index contributed by atoms with van der Waals surface area (Å²) < 4.78 is 0. The Labute approximate surface area is 98.6 Å². The average molecular weight is 224 g/mol. The summed E-state index contributed by atoms with van der Waals surface area (Å²) in [5.41, 5.74) is -0.0842. The Morgan fingerprint density at radius 2 is 2.25 bits per heavy atom. The highest BCUT2D eigenvalue weighted by Crippen LogP contribution is 2.35. The van der Waals surface area contributed by atoms with Crippen LogP contribution in [-0.2, 0) is 4.79 Å². The molecule has 1 unspecified atom stereocenters. The van der Waals surface area contributed by atoms with Gasteiger partial charge >= 0.3 is 0 Å². The van der Waals surface area contributed by atoms with Crippen LogP contribution in [0.5, 0.6) is 0 Å². The van der Waals surface area contributed by atoms with Crippen molar-refractivity contribution in [2.24, 2.45) is 5.41 Å². The number of carbonyl (C=O) groups is 1. The van der Waals surface area contributed by atoms with Crippen molar-refractivity contribution in [3.8, 4) is 0 Å². The van der Waals surface area contributed by atoms with E-state index in [9.17, 15) is 4.79 Å². The van der Waals surface area contributed by atoms with Gasteiger partial charge in [0.1, 0.15) is 0 Å². The quantitative estimate of drug-likeness (QED) is 0.789. The van der Waals surface area contributed by atoms with E-state index in [1.165, 1.54) is 19.3 Å². The maximum Gasteiger partial charge on any atom is 0.230 e. The Kier molecular flexibility index (Phi) is 3.53. The summed E-state index contributed by atoms with van der Waals surface area (Å²) in [5.74, 6) is 0.393. The van der Waals surface area contributed by atoms with Crippen molar-refractivity contribution in [3.05, 3.63) is 0 Å². The number of nitrogens with zero attached hydrogens (tertiary/aromatic N) is 1. The number of rotatable bonds is 4. The molecule has 1 N–H and O–H groups in total. The van der Waals surface area contributed by atoms with Crippen LogP contribution in [-0.4, -0.2) is 37.0 Å². The first kappa shape index (κ1) is 11.9. The Morgan fingerprint density at radius 1 is 1.50 bits per heavy atom. The molecule has 0 bridgehead atoms. The first-order valence-corrected chi connectivity index (χ1v) is 6.67. The maximum atomic E-state index is 12.6. The topological polar surface area (TPSA) is 32.3 Å². The zero-order valence-electron chi connectivity index (χ0n) is 10.6. The number of nitrogens with one attached hydrogen (secondary N) is 1. The summed E-state index contributed by atoms with van der Waals surface area (Å²) in [6, 6.07) is 0.529. The van der Waals surface area contributed by atoms with Crippen molar-refractivity contribution >= 4 is 5.91 Å². The molecule has 3 nitrogen and oxygen atoms in total. The summed E-state index contributed by atoms with van der Waals surface area (Å²) in [7, 11) is 2.00. The van der Waals surface area contributed by atoms with Crippen LogP contribution in [0, 0.1) is 5.41 Å². The summed E-state index contributed by atoms with van der Waals surface area (Å²) >= 11 is 0. The summed E-state index contributed by atoms with van der Waals surface area (Å²) in [6.07, 6.45) is 6.87. The van der Waals surface area contributed by atoms with Gasteiger partial charge in [-0.05, 0) is 38.6 Å². The van der Waals surface area contributed by atoms with Gasteiger partial charge in [-0.3, -0.25) is 4.79 Å². The maximum absolute atomic E-state index is 12.6. The van der Waals surface area contributed by atoms with Crippen molar-refractivity contribution in [2.75, 3.05) is 20.1 Å². The van der Waals surface area contributed by atoms with Crippen LogP contribution in [0.2, 0.25) is 0 Å². The molecule has 0 aromatic rings. The van der Waals surface area contributed by atoms with E-state index in [1.54, 1.807) is 0 Å². The van der Waals surface area contributed by atoms with Crippen molar-refractivity contribution in [2.45, 2.75) is 51.5 Å². The van der Waals surface area contributed by atoms with Gasteiger partial charge in [-0.2, -0.15) is 0 Å². The number of hydrogen-bond donors (Lipinski definition) is 1. The Hall–Kier alpha value is -0.570. The Balaban J connectivity index is 2.03. The molecule has 3 heteroatoms. The third-order valence-electron chi connectivity index (χ3n) is 4.37. The van der Waals surface area contributed by atoms with Crippen molar-refractivity contribution in [1.82, 2.24) is 10.2 Å². The molecule has 2 fully saturated rings. The van der Waals surface area contributed by atoms with Gasteiger partial charge in [0.25, 0.3) is 0 Å². The lowest BCUT2D eigenvalue weighted by Crippen LogP contribution is -2.49.